The highest BCUT2D eigenvalue weighted by atomic mass is 35.5. The lowest BCUT2D eigenvalue weighted by Gasteiger charge is -2.13. The van der Waals surface area contributed by atoms with Crippen molar-refractivity contribution in [3.8, 4) is 16.9 Å². The summed E-state index contributed by atoms with van der Waals surface area (Å²) in [6.07, 6.45) is 2.78. The van der Waals surface area contributed by atoms with Crippen molar-refractivity contribution in [3.05, 3.63) is 58.4 Å². The number of aldehydes is 1. The quantitative estimate of drug-likeness (QED) is 0.625. The van der Waals surface area contributed by atoms with E-state index in [-0.39, 0.29) is 0 Å². The molecular weight excluding hydrogens is 310 g/mol. The van der Waals surface area contributed by atoms with Crippen molar-refractivity contribution >= 4 is 23.4 Å². The molecule has 0 saturated carbocycles. The molecule has 0 fully saturated rings. The number of nitrogens with zero attached hydrogens (tertiary/aromatic N) is 1. The Hall–Kier alpha value is -2.26. The molecule has 23 heavy (non-hydrogen) atoms. The number of pyridine rings is 1. The van der Waals surface area contributed by atoms with Crippen molar-refractivity contribution in [2.24, 2.45) is 0 Å². The van der Waals surface area contributed by atoms with E-state index in [9.17, 15) is 4.79 Å². The highest BCUT2D eigenvalue weighted by molar-refractivity contribution is 6.31. The Bertz CT molecular complexity index is 896. The van der Waals surface area contributed by atoms with Crippen molar-refractivity contribution < 1.29 is 9.53 Å². The number of hydrogen-bond acceptors (Lipinski definition) is 2. The van der Waals surface area contributed by atoms with Gasteiger partial charge >= 0.3 is 0 Å². The summed E-state index contributed by atoms with van der Waals surface area (Å²) >= 11 is 6.25. The van der Waals surface area contributed by atoms with Crippen molar-refractivity contribution in [1.29, 1.82) is 0 Å². The molecule has 0 N–H and O–H groups in total. The van der Waals surface area contributed by atoms with Crippen LogP contribution in [0.5, 0.6) is 5.75 Å². The molecule has 0 saturated heterocycles. The van der Waals surface area contributed by atoms with Crippen molar-refractivity contribution in [3.63, 3.8) is 0 Å². The van der Waals surface area contributed by atoms with Crippen LogP contribution < -0.4 is 4.74 Å². The molecule has 0 atom stereocenters. The number of carbonyl (C=O) groups is 1. The van der Waals surface area contributed by atoms with E-state index in [2.05, 4.69) is 0 Å². The van der Waals surface area contributed by atoms with E-state index in [1.54, 1.807) is 0 Å². The van der Waals surface area contributed by atoms with E-state index in [0.717, 1.165) is 39.8 Å². The fourth-order valence-electron chi connectivity index (χ4n) is 2.96. The highest BCUT2D eigenvalue weighted by Crippen LogP contribution is 2.39. The van der Waals surface area contributed by atoms with Gasteiger partial charge in [0.25, 0.3) is 0 Å². The third-order valence-corrected chi connectivity index (χ3v) is 4.21. The largest absolute Gasteiger partial charge is 0.493 e. The van der Waals surface area contributed by atoms with Gasteiger partial charge in [-0.1, -0.05) is 17.7 Å². The van der Waals surface area contributed by atoms with E-state index in [1.165, 1.54) is 0 Å². The maximum atomic E-state index is 11.7. The van der Waals surface area contributed by atoms with Gasteiger partial charge < -0.3 is 9.14 Å². The summed E-state index contributed by atoms with van der Waals surface area (Å²) in [5, 5.41) is 0.629. The number of aryl methyl sites for hydroxylation is 2. The van der Waals surface area contributed by atoms with Gasteiger partial charge in [0, 0.05) is 27.9 Å². The van der Waals surface area contributed by atoms with Crippen molar-refractivity contribution in [2.75, 3.05) is 6.61 Å². The predicted octanol–water partition coefficient (Wildman–Crippen LogP) is 5.09. The van der Waals surface area contributed by atoms with Crippen LogP contribution in [0.15, 0.2) is 36.5 Å². The van der Waals surface area contributed by atoms with Crippen LogP contribution in [0.3, 0.4) is 0 Å². The number of halogens is 1. The molecule has 3 aromatic rings. The third kappa shape index (κ3) is 2.62. The summed E-state index contributed by atoms with van der Waals surface area (Å²) < 4.78 is 7.73. The Morgan fingerprint density at radius 3 is 2.65 bits per heavy atom. The Morgan fingerprint density at radius 1 is 1.17 bits per heavy atom. The van der Waals surface area contributed by atoms with Crippen molar-refractivity contribution in [1.82, 2.24) is 4.40 Å². The van der Waals surface area contributed by atoms with Gasteiger partial charge in [0.2, 0.25) is 0 Å². The van der Waals surface area contributed by atoms with Crippen LogP contribution in [0.25, 0.3) is 16.6 Å². The number of benzene rings is 1. The lowest BCUT2D eigenvalue weighted by molar-refractivity contribution is 0.111. The first-order valence-corrected chi connectivity index (χ1v) is 7.93. The molecule has 0 aliphatic heterocycles. The monoisotopic (exact) mass is 327 g/mol. The number of aromatic nitrogens is 1. The molecule has 3 nitrogen and oxygen atoms in total. The molecule has 0 spiro atoms. The first-order chi connectivity index (χ1) is 11.1. The number of rotatable bonds is 4. The smallest absolute Gasteiger partial charge is 0.167 e. The van der Waals surface area contributed by atoms with Crippen LogP contribution >= 0.6 is 11.6 Å². The molecule has 118 valence electrons. The zero-order valence-corrected chi connectivity index (χ0v) is 14.1. The van der Waals surface area contributed by atoms with Gasteiger partial charge in [0.1, 0.15) is 5.75 Å². The third-order valence-electron chi connectivity index (χ3n) is 3.99. The standard InChI is InChI=1S/C19H18ClNO2/c1-4-23-19-13(3)8-14(20)9-16(19)15-10-17-12(2)6-5-7-21(17)18(15)11-22/h5-11H,4H2,1-3H3. The van der Waals surface area contributed by atoms with Gasteiger partial charge in [-0.3, -0.25) is 4.79 Å². The predicted molar refractivity (Wildman–Crippen MR) is 93.9 cm³/mol. The van der Waals surface area contributed by atoms with Crippen LogP contribution in [0.1, 0.15) is 28.5 Å². The van der Waals surface area contributed by atoms with Gasteiger partial charge in [-0.25, -0.2) is 0 Å². The zero-order chi connectivity index (χ0) is 16.6. The van der Waals surface area contributed by atoms with Crippen LogP contribution in [0.4, 0.5) is 0 Å². The molecule has 1 aromatic carbocycles. The molecular formula is C19H18ClNO2. The molecule has 0 aliphatic rings. The second-order valence-electron chi connectivity index (χ2n) is 5.54. The minimum absolute atomic E-state index is 0.554. The number of hydrogen-bond donors (Lipinski definition) is 0. The van der Waals surface area contributed by atoms with Crippen LogP contribution in [0, 0.1) is 13.8 Å². The van der Waals surface area contributed by atoms with E-state index >= 15 is 0 Å². The summed E-state index contributed by atoms with van der Waals surface area (Å²) in [4.78, 5) is 11.7. The van der Waals surface area contributed by atoms with Gasteiger partial charge in [-0.2, -0.15) is 0 Å². The molecule has 0 bridgehead atoms. The van der Waals surface area contributed by atoms with Crippen LogP contribution in [-0.2, 0) is 0 Å². The summed E-state index contributed by atoms with van der Waals surface area (Å²) in [6, 6.07) is 9.72. The molecule has 0 aliphatic carbocycles. The first-order valence-electron chi connectivity index (χ1n) is 7.56. The normalized spacial score (nSPS) is 11.0. The minimum Gasteiger partial charge on any atom is -0.493 e. The SMILES string of the molecule is CCOc1c(C)cc(Cl)cc1-c1cc2c(C)cccn2c1C=O. The summed E-state index contributed by atoms with van der Waals surface area (Å²) in [6.45, 7) is 6.49. The second-order valence-corrected chi connectivity index (χ2v) is 5.98. The lowest BCUT2D eigenvalue weighted by atomic mass is 10.0. The average Bonchev–Trinajstić information content (AvgIpc) is 2.89. The Morgan fingerprint density at radius 2 is 1.96 bits per heavy atom. The van der Waals surface area contributed by atoms with Gasteiger partial charge in [0.05, 0.1) is 12.3 Å². The molecule has 0 amide bonds. The minimum atomic E-state index is 0.554. The van der Waals surface area contributed by atoms with E-state index in [4.69, 9.17) is 16.3 Å². The molecule has 2 aromatic heterocycles. The highest BCUT2D eigenvalue weighted by Gasteiger charge is 2.18. The van der Waals surface area contributed by atoms with E-state index in [1.807, 2.05) is 61.7 Å². The fourth-order valence-corrected chi connectivity index (χ4v) is 3.24. The number of fused-ring (bicyclic) bond motifs is 1. The topological polar surface area (TPSA) is 30.7 Å². The van der Waals surface area contributed by atoms with Gasteiger partial charge in [-0.15, -0.1) is 0 Å². The van der Waals surface area contributed by atoms with Crippen LogP contribution in [0.2, 0.25) is 5.02 Å². The Labute approximate surface area is 140 Å². The van der Waals surface area contributed by atoms with Gasteiger partial charge in [0.15, 0.2) is 6.29 Å². The van der Waals surface area contributed by atoms with Crippen molar-refractivity contribution in [2.45, 2.75) is 20.8 Å². The second kappa shape index (κ2) is 6.09. The molecule has 0 radical (unpaired) electrons. The molecule has 2 heterocycles. The lowest BCUT2D eigenvalue weighted by Crippen LogP contribution is -1.98. The number of carbonyl (C=O) groups excluding carboxylic acids is 1. The first kappa shape index (κ1) is 15.6. The Kier molecular flexibility index (Phi) is 4.14. The molecule has 3 rings (SSSR count). The van der Waals surface area contributed by atoms with E-state index in [0.29, 0.717) is 17.3 Å². The molecule has 4 heteroatoms. The zero-order valence-electron chi connectivity index (χ0n) is 13.4. The Balaban J connectivity index is 2.37. The van der Waals surface area contributed by atoms with Gasteiger partial charge in [-0.05, 0) is 56.2 Å². The maximum absolute atomic E-state index is 11.7. The fraction of sp³-hybridized carbons (Fsp3) is 0.211. The van der Waals surface area contributed by atoms with Crippen LogP contribution in [-0.4, -0.2) is 17.3 Å². The van der Waals surface area contributed by atoms with E-state index < -0.39 is 0 Å². The summed E-state index contributed by atoms with van der Waals surface area (Å²) in [5.74, 6) is 0.772. The maximum Gasteiger partial charge on any atom is 0.167 e. The summed E-state index contributed by atoms with van der Waals surface area (Å²) in [5.41, 5.74) is 5.36. The average molecular weight is 328 g/mol. The number of ether oxygens (including phenoxy) is 1. The molecule has 0 unspecified atom stereocenters. The summed E-state index contributed by atoms with van der Waals surface area (Å²) in [7, 11) is 0.